The number of carbonyl (C=O) groups is 1. The molecule has 1 saturated heterocycles. The van der Waals surface area contributed by atoms with Gasteiger partial charge in [0.2, 0.25) is 5.88 Å². The summed E-state index contributed by atoms with van der Waals surface area (Å²) in [5, 5.41) is 0. The van der Waals surface area contributed by atoms with E-state index in [0.29, 0.717) is 11.4 Å². The Bertz CT molecular complexity index is 834. The maximum Gasteiger partial charge on any atom is 0.255 e. The topological polar surface area (TPSA) is 54.9 Å². The van der Waals surface area contributed by atoms with Crippen molar-refractivity contribution in [1.29, 1.82) is 0 Å². The van der Waals surface area contributed by atoms with Gasteiger partial charge in [-0.05, 0) is 42.9 Å². The molecule has 1 aromatic carbocycles. The van der Waals surface area contributed by atoms with Gasteiger partial charge in [0.25, 0.3) is 5.91 Å². The Morgan fingerprint density at radius 3 is 2.73 bits per heavy atom. The van der Waals surface area contributed by atoms with E-state index < -0.39 is 0 Å². The molecule has 0 N–H and O–H groups in total. The number of methoxy groups -OCH3 is 1. The van der Waals surface area contributed by atoms with Crippen molar-refractivity contribution < 1.29 is 14.3 Å². The van der Waals surface area contributed by atoms with Crippen LogP contribution in [0.3, 0.4) is 0 Å². The Morgan fingerprint density at radius 2 is 2.00 bits per heavy atom. The molecule has 0 aliphatic carbocycles. The van der Waals surface area contributed by atoms with Crippen LogP contribution in [0.5, 0.6) is 5.88 Å². The average Bonchev–Trinajstić information content (AvgIpc) is 2.82. The van der Waals surface area contributed by atoms with Crippen molar-refractivity contribution in [3.8, 4) is 5.88 Å². The van der Waals surface area contributed by atoms with Gasteiger partial charge in [0.05, 0.1) is 12.7 Å². The van der Waals surface area contributed by atoms with Crippen molar-refractivity contribution in [3.63, 3.8) is 0 Å². The van der Waals surface area contributed by atoms with Crippen LogP contribution in [0.1, 0.15) is 40.7 Å². The van der Waals surface area contributed by atoms with E-state index in [0.717, 1.165) is 65.1 Å². The van der Waals surface area contributed by atoms with Gasteiger partial charge in [0, 0.05) is 57.7 Å². The maximum atomic E-state index is 13.3. The minimum atomic E-state index is 0.0565. The van der Waals surface area contributed by atoms with E-state index >= 15 is 0 Å². The Kier molecular flexibility index (Phi) is 6.97. The third-order valence-electron chi connectivity index (χ3n) is 6.17. The van der Waals surface area contributed by atoms with Crippen molar-refractivity contribution in [3.05, 3.63) is 59.3 Å². The second kappa shape index (κ2) is 10.0. The summed E-state index contributed by atoms with van der Waals surface area (Å²) in [6, 6.07) is 12.5. The molecule has 0 unspecified atom stereocenters. The van der Waals surface area contributed by atoms with E-state index in [1.165, 1.54) is 11.1 Å². The number of amides is 1. The second-order valence-electron chi connectivity index (χ2n) is 8.08. The molecular formula is C24H31N3O3. The van der Waals surface area contributed by atoms with Crippen molar-refractivity contribution >= 4 is 5.91 Å². The van der Waals surface area contributed by atoms with Crippen LogP contribution < -0.4 is 4.74 Å². The lowest BCUT2D eigenvalue weighted by Crippen LogP contribution is -2.45. The van der Waals surface area contributed by atoms with E-state index in [-0.39, 0.29) is 11.9 Å². The monoisotopic (exact) mass is 409 g/mol. The molecule has 1 amide bonds. The van der Waals surface area contributed by atoms with Gasteiger partial charge in [-0.2, -0.15) is 0 Å². The average molecular weight is 410 g/mol. The molecule has 2 aromatic rings. The van der Waals surface area contributed by atoms with Crippen LogP contribution in [0, 0.1) is 0 Å². The van der Waals surface area contributed by atoms with Crippen LogP contribution in [0.25, 0.3) is 0 Å². The Labute approximate surface area is 178 Å². The van der Waals surface area contributed by atoms with Gasteiger partial charge in [0.15, 0.2) is 0 Å². The molecule has 2 aliphatic rings. The van der Waals surface area contributed by atoms with Crippen molar-refractivity contribution in [2.45, 2.75) is 38.3 Å². The summed E-state index contributed by atoms with van der Waals surface area (Å²) < 4.78 is 10.6. The van der Waals surface area contributed by atoms with E-state index in [4.69, 9.17) is 9.47 Å². The highest BCUT2D eigenvalue weighted by Gasteiger charge is 2.27. The minimum absolute atomic E-state index is 0.0565. The van der Waals surface area contributed by atoms with Gasteiger partial charge >= 0.3 is 0 Å². The lowest BCUT2D eigenvalue weighted by molar-refractivity contribution is 0.0278. The molecule has 6 nitrogen and oxygen atoms in total. The fraction of sp³-hybridized carbons (Fsp3) is 0.500. The largest absolute Gasteiger partial charge is 0.481 e. The van der Waals surface area contributed by atoms with E-state index in [1.54, 1.807) is 19.4 Å². The van der Waals surface area contributed by atoms with Gasteiger partial charge in [-0.25, -0.2) is 4.98 Å². The van der Waals surface area contributed by atoms with E-state index in [1.807, 2.05) is 11.0 Å². The fourth-order valence-corrected chi connectivity index (χ4v) is 4.45. The third-order valence-corrected chi connectivity index (χ3v) is 6.17. The summed E-state index contributed by atoms with van der Waals surface area (Å²) in [5.41, 5.74) is 3.53. The molecule has 0 spiro atoms. The number of pyridine rings is 1. The third kappa shape index (κ3) is 4.99. The summed E-state index contributed by atoms with van der Waals surface area (Å²) in [5.74, 6) is 0.579. The molecule has 1 fully saturated rings. The van der Waals surface area contributed by atoms with Gasteiger partial charge in [-0.1, -0.05) is 24.3 Å². The highest BCUT2D eigenvalue weighted by Crippen LogP contribution is 2.21. The molecule has 0 atom stereocenters. The van der Waals surface area contributed by atoms with Crippen molar-refractivity contribution in [2.75, 3.05) is 40.0 Å². The van der Waals surface area contributed by atoms with Crippen LogP contribution in [0.4, 0.5) is 0 Å². The first kappa shape index (κ1) is 20.8. The number of hydrogen-bond donors (Lipinski definition) is 0. The molecule has 1 aromatic heterocycles. The molecule has 0 bridgehead atoms. The Hall–Kier alpha value is -2.44. The molecule has 0 radical (unpaired) electrons. The normalized spacial score (nSPS) is 17.4. The number of rotatable bonds is 7. The smallest absolute Gasteiger partial charge is 0.255 e. The lowest BCUT2D eigenvalue weighted by Gasteiger charge is -2.35. The summed E-state index contributed by atoms with van der Waals surface area (Å²) in [6.07, 6.45) is 5.49. The van der Waals surface area contributed by atoms with E-state index in [2.05, 4.69) is 34.1 Å². The first-order valence-electron chi connectivity index (χ1n) is 10.9. The van der Waals surface area contributed by atoms with Gasteiger partial charge in [0.1, 0.15) is 0 Å². The molecule has 30 heavy (non-hydrogen) atoms. The molecule has 4 rings (SSSR count). The van der Waals surface area contributed by atoms with Crippen LogP contribution >= 0.6 is 0 Å². The second-order valence-corrected chi connectivity index (χ2v) is 8.08. The van der Waals surface area contributed by atoms with Crippen molar-refractivity contribution in [2.24, 2.45) is 0 Å². The molecule has 6 heteroatoms. The number of carbonyl (C=O) groups excluding carboxylic acids is 1. The predicted molar refractivity (Wildman–Crippen MR) is 116 cm³/mol. The zero-order valence-corrected chi connectivity index (χ0v) is 17.8. The van der Waals surface area contributed by atoms with Crippen LogP contribution in [0.2, 0.25) is 0 Å². The predicted octanol–water partition coefficient (Wildman–Crippen LogP) is 3.16. The van der Waals surface area contributed by atoms with E-state index in [9.17, 15) is 4.79 Å². The van der Waals surface area contributed by atoms with Crippen LogP contribution in [0.15, 0.2) is 42.6 Å². The summed E-state index contributed by atoms with van der Waals surface area (Å²) >= 11 is 0. The number of benzene rings is 1. The van der Waals surface area contributed by atoms with Crippen LogP contribution in [-0.2, 0) is 17.7 Å². The lowest BCUT2D eigenvalue weighted by atomic mass is 10.00. The zero-order valence-electron chi connectivity index (χ0n) is 17.8. The highest BCUT2D eigenvalue weighted by molar-refractivity contribution is 5.94. The summed E-state index contributed by atoms with van der Waals surface area (Å²) in [4.78, 5) is 22.0. The first-order valence-corrected chi connectivity index (χ1v) is 10.9. The SMILES string of the molecule is COc1ccc(C(=O)N(CCCN2CCc3ccccc3C2)C2CCOCC2)cn1. The molecular weight excluding hydrogens is 378 g/mol. The molecule has 0 saturated carbocycles. The highest BCUT2D eigenvalue weighted by atomic mass is 16.5. The summed E-state index contributed by atoms with van der Waals surface area (Å²) in [7, 11) is 1.58. The van der Waals surface area contributed by atoms with Gasteiger partial charge in [-0.3, -0.25) is 9.69 Å². The maximum absolute atomic E-state index is 13.3. The number of fused-ring (bicyclic) bond motifs is 1. The number of aromatic nitrogens is 1. The van der Waals surface area contributed by atoms with Crippen LogP contribution in [-0.4, -0.2) is 66.7 Å². The Morgan fingerprint density at radius 1 is 1.20 bits per heavy atom. The van der Waals surface area contributed by atoms with Crippen molar-refractivity contribution in [1.82, 2.24) is 14.8 Å². The number of ether oxygens (including phenoxy) is 2. The molecule has 3 heterocycles. The quantitative estimate of drug-likeness (QED) is 0.703. The Balaban J connectivity index is 1.38. The fourth-order valence-electron chi connectivity index (χ4n) is 4.45. The first-order chi connectivity index (χ1) is 14.7. The molecule has 2 aliphatic heterocycles. The van der Waals surface area contributed by atoms with Gasteiger partial charge in [-0.15, -0.1) is 0 Å². The molecule has 160 valence electrons. The number of nitrogens with zero attached hydrogens (tertiary/aromatic N) is 3. The zero-order chi connectivity index (χ0) is 20.8. The summed E-state index contributed by atoms with van der Waals surface area (Å²) in [6.45, 7) is 5.29. The minimum Gasteiger partial charge on any atom is -0.481 e. The number of hydrogen-bond acceptors (Lipinski definition) is 5. The van der Waals surface area contributed by atoms with Gasteiger partial charge < -0.3 is 14.4 Å². The standard InChI is InChI=1S/C24H31N3O3/c1-29-23-8-7-20(17-25-23)24(28)27(22-10-15-30-16-11-22)13-4-12-26-14-9-19-5-2-3-6-21(19)18-26/h2-3,5-8,17,22H,4,9-16,18H2,1H3.